The molecule has 0 radical (unpaired) electrons. The second-order valence-corrected chi connectivity index (χ2v) is 2.84. The average Bonchev–Trinajstić information content (AvgIpc) is 2.10. The molecule has 0 N–H and O–H groups in total. The Hall–Kier alpha value is 0.430. The Morgan fingerprint density at radius 1 is 1.15 bits per heavy atom. The number of hydrogen-bond donors (Lipinski definition) is 0. The summed E-state index contributed by atoms with van der Waals surface area (Å²) in [5.74, 6) is 0. The molecule has 0 fully saturated rings. The summed E-state index contributed by atoms with van der Waals surface area (Å²) >= 11 is 0. The van der Waals surface area contributed by atoms with E-state index in [9.17, 15) is 4.79 Å². The fourth-order valence-electron chi connectivity index (χ4n) is 0.947. The van der Waals surface area contributed by atoms with Crippen LogP contribution in [0.3, 0.4) is 0 Å². The SMILES string of the molecule is CCCCN(CCCC)OC=O.[NaH]. The summed E-state index contributed by atoms with van der Waals surface area (Å²) in [5, 5.41) is 1.74. The topological polar surface area (TPSA) is 29.5 Å². The maximum atomic E-state index is 10.1. The zero-order valence-electron chi connectivity index (χ0n) is 8.08. The molecule has 0 heterocycles. The van der Waals surface area contributed by atoms with E-state index in [4.69, 9.17) is 4.84 Å². The predicted molar refractivity (Wildman–Crippen MR) is 55.7 cm³/mol. The van der Waals surface area contributed by atoms with E-state index in [1.807, 2.05) is 0 Å². The van der Waals surface area contributed by atoms with Gasteiger partial charge in [-0.1, -0.05) is 26.7 Å². The van der Waals surface area contributed by atoms with Crippen molar-refractivity contribution in [2.24, 2.45) is 0 Å². The van der Waals surface area contributed by atoms with E-state index in [-0.39, 0.29) is 29.6 Å². The number of hydroxylamine groups is 2. The van der Waals surface area contributed by atoms with Gasteiger partial charge in [-0.3, -0.25) is 4.79 Å². The summed E-state index contributed by atoms with van der Waals surface area (Å²) in [4.78, 5) is 14.9. The monoisotopic (exact) mass is 197 g/mol. The van der Waals surface area contributed by atoms with Gasteiger partial charge in [0, 0.05) is 13.1 Å². The van der Waals surface area contributed by atoms with Gasteiger partial charge < -0.3 is 4.84 Å². The molecule has 0 saturated carbocycles. The van der Waals surface area contributed by atoms with Gasteiger partial charge in [-0.05, 0) is 12.8 Å². The van der Waals surface area contributed by atoms with Gasteiger partial charge >= 0.3 is 36.0 Å². The third kappa shape index (κ3) is 10.4. The van der Waals surface area contributed by atoms with Crippen LogP contribution in [0.25, 0.3) is 0 Å². The van der Waals surface area contributed by atoms with Gasteiger partial charge in [0.1, 0.15) is 0 Å². The first-order valence-electron chi connectivity index (χ1n) is 4.70. The Balaban J connectivity index is 0. The summed E-state index contributed by atoms with van der Waals surface area (Å²) in [5.41, 5.74) is 0. The van der Waals surface area contributed by atoms with Crippen LogP contribution in [0, 0.1) is 0 Å². The van der Waals surface area contributed by atoms with Crippen LogP contribution < -0.4 is 0 Å². The molecule has 3 nitrogen and oxygen atoms in total. The van der Waals surface area contributed by atoms with Crippen LogP contribution in [-0.2, 0) is 9.63 Å². The van der Waals surface area contributed by atoms with Crippen molar-refractivity contribution in [3.63, 3.8) is 0 Å². The Morgan fingerprint density at radius 2 is 1.62 bits per heavy atom. The Morgan fingerprint density at radius 3 is 1.92 bits per heavy atom. The minimum atomic E-state index is 0. The zero-order valence-corrected chi connectivity index (χ0v) is 8.08. The van der Waals surface area contributed by atoms with Crippen molar-refractivity contribution in [2.75, 3.05) is 13.1 Å². The molecular weight excluding hydrogens is 177 g/mol. The number of hydrogen-bond acceptors (Lipinski definition) is 3. The molecule has 0 aliphatic heterocycles. The number of rotatable bonds is 8. The minimum absolute atomic E-state index is 0. The predicted octanol–water partition coefficient (Wildman–Crippen LogP) is 1.33. The molecule has 0 bridgehead atoms. The second-order valence-electron chi connectivity index (χ2n) is 2.84. The van der Waals surface area contributed by atoms with E-state index in [0.29, 0.717) is 6.47 Å². The zero-order chi connectivity index (χ0) is 9.23. The molecule has 0 saturated heterocycles. The summed E-state index contributed by atoms with van der Waals surface area (Å²) in [6.45, 7) is 6.47. The molecule has 0 aromatic heterocycles. The van der Waals surface area contributed by atoms with Crippen LogP contribution in [0.2, 0.25) is 0 Å². The van der Waals surface area contributed by atoms with E-state index in [2.05, 4.69) is 13.8 Å². The summed E-state index contributed by atoms with van der Waals surface area (Å²) < 4.78 is 0. The van der Waals surface area contributed by atoms with Crippen molar-refractivity contribution in [1.29, 1.82) is 0 Å². The average molecular weight is 197 g/mol. The number of unbranched alkanes of at least 4 members (excludes halogenated alkanes) is 2. The first-order valence-corrected chi connectivity index (χ1v) is 4.70. The third-order valence-electron chi connectivity index (χ3n) is 1.71. The van der Waals surface area contributed by atoms with Gasteiger partial charge in [0.05, 0.1) is 0 Å². The van der Waals surface area contributed by atoms with Crippen LogP contribution in [0.1, 0.15) is 39.5 Å². The van der Waals surface area contributed by atoms with E-state index >= 15 is 0 Å². The third-order valence-corrected chi connectivity index (χ3v) is 1.71. The molecule has 0 rings (SSSR count). The molecule has 0 atom stereocenters. The quantitative estimate of drug-likeness (QED) is 0.334. The molecule has 4 heteroatoms. The molecule has 0 amide bonds. The van der Waals surface area contributed by atoms with E-state index in [0.717, 1.165) is 38.8 Å². The first kappa shape index (κ1) is 15.9. The molecule has 0 aromatic carbocycles. The van der Waals surface area contributed by atoms with Gasteiger partial charge in [0.25, 0.3) is 0 Å². The van der Waals surface area contributed by atoms with Crippen molar-refractivity contribution in [3.05, 3.63) is 0 Å². The van der Waals surface area contributed by atoms with Crippen molar-refractivity contribution in [3.8, 4) is 0 Å². The summed E-state index contributed by atoms with van der Waals surface area (Å²) in [6.07, 6.45) is 4.42. The number of nitrogens with zero attached hydrogens (tertiary/aromatic N) is 1. The van der Waals surface area contributed by atoms with Crippen molar-refractivity contribution < 1.29 is 9.63 Å². The van der Waals surface area contributed by atoms with Crippen LogP contribution in [0.4, 0.5) is 0 Å². The Bertz CT molecular complexity index is 104. The molecule has 0 unspecified atom stereocenters. The fourth-order valence-corrected chi connectivity index (χ4v) is 0.947. The second kappa shape index (κ2) is 12.4. The molecule has 0 aromatic rings. The van der Waals surface area contributed by atoms with Crippen LogP contribution in [0.15, 0.2) is 0 Å². The molecule has 74 valence electrons. The van der Waals surface area contributed by atoms with Gasteiger partial charge in [0.15, 0.2) is 0 Å². The van der Waals surface area contributed by atoms with E-state index in [1.54, 1.807) is 5.06 Å². The standard InChI is InChI=1S/C9H19NO2.Na.H/c1-3-5-7-10(12-9-11)8-6-4-2;;/h9H,3-8H2,1-2H3;;. The van der Waals surface area contributed by atoms with Crippen molar-refractivity contribution >= 4 is 36.0 Å². The van der Waals surface area contributed by atoms with Gasteiger partial charge in [-0.25, -0.2) is 0 Å². The Kier molecular flexibility index (Phi) is 15.2. The summed E-state index contributed by atoms with van der Waals surface area (Å²) in [6, 6.07) is 0. The van der Waals surface area contributed by atoms with Crippen LogP contribution in [-0.4, -0.2) is 54.2 Å². The van der Waals surface area contributed by atoms with Gasteiger partial charge in [-0.2, -0.15) is 0 Å². The number of carbonyl (C=O) groups is 1. The molecular formula is C9H20NNaO2. The van der Waals surface area contributed by atoms with Crippen LogP contribution in [0.5, 0.6) is 0 Å². The van der Waals surface area contributed by atoms with Gasteiger partial charge in [-0.15, -0.1) is 5.06 Å². The molecule has 0 aliphatic carbocycles. The van der Waals surface area contributed by atoms with E-state index in [1.165, 1.54) is 0 Å². The van der Waals surface area contributed by atoms with Crippen molar-refractivity contribution in [2.45, 2.75) is 39.5 Å². The Labute approximate surface area is 103 Å². The first-order chi connectivity index (χ1) is 5.85. The van der Waals surface area contributed by atoms with Gasteiger partial charge in [0.2, 0.25) is 0 Å². The van der Waals surface area contributed by atoms with Crippen LogP contribution >= 0.6 is 0 Å². The molecule has 0 spiro atoms. The molecule has 0 aliphatic rings. The number of carbonyl (C=O) groups excluding carboxylic acids is 1. The maximum absolute atomic E-state index is 10.1. The normalized spacial score (nSPS) is 9.46. The van der Waals surface area contributed by atoms with E-state index < -0.39 is 0 Å². The molecule has 13 heavy (non-hydrogen) atoms. The fraction of sp³-hybridized carbons (Fsp3) is 0.889. The summed E-state index contributed by atoms with van der Waals surface area (Å²) in [7, 11) is 0. The van der Waals surface area contributed by atoms with Crippen molar-refractivity contribution in [1.82, 2.24) is 5.06 Å².